The first kappa shape index (κ1) is 14.6. The summed E-state index contributed by atoms with van der Waals surface area (Å²) in [5.74, 6) is 0.212. The van der Waals surface area contributed by atoms with E-state index in [1.807, 2.05) is 4.72 Å². The number of nitrogens with one attached hydrogen (secondary N) is 2. The molecular formula is C8H11F3N4O2S. The highest BCUT2D eigenvalue weighted by atomic mass is 32.2. The van der Waals surface area contributed by atoms with Crippen molar-refractivity contribution >= 4 is 16.0 Å². The van der Waals surface area contributed by atoms with Crippen LogP contribution in [-0.2, 0) is 10.0 Å². The van der Waals surface area contributed by atoms with Crippen LogP contribution < -0.4 is 10.0 Å². The summed E-state index contributed by atoms with van der Waals surface area (Å²) in [5.41, 5.74) is 0. The third kappa shape index (κ3) is 4.45. The molecule has 18 heavy (non-hydrogen) atoms. The van der Waals surface area contributed by atoms with E-state index in [0.29, 0.717) is 0 Å². The number of aromatic nitrogens is 2. The molecule has 0 spiro atoms. The number of hydrogen-bond donors (Lipinski definition) is 2. The van der Waals surface area contributed by atoms with E-state index in [1.165, 1.54) is 0 Å². The normalized spacial score (nSPS) is 12.4. The van der Waals surface area contributed by atoms with Gasteiger partial charge in [-0.15, -0.1) is 0 Å². The Morgan fingerprint density at radius 3 is 2.28 bits per heavy atom. The maximum absolute atomic E-state index is 11.9. The molecule has 0 saturated heterocycles. The average Bonchev–Trinajstić information content (AvgIpc) is 2.27. The minimum Gasteiger partial charge on any atom is -0.357 e. The number of alkyl halides is 3. The zero-order valence-electron chi connectivity index (χ0n) is 9.32. The molecule has 1 rings (SSSR count). The number of halogens is 3. The molecule has 0 aliphatic rings. The van der Waals surface area contributed by atoms with Gasteiger partial charge >= 0.3 is 6.18 Å². The van der Waals surface area contributed by atoms with Crippen LogP contribution in [0, 0.1) is 0 Å². The fourth-order valence-electron chi connectivity index (χ4n) is 0.995. The lowest BCUT2D eigenvalue weighted by molar-refractivity contribution is -0.132. The quantitative estimate of drug-likeness (QED) is 0.833. The Hall–Kier alpha value is -1.42. The second-order valence-corrected chi connectivity index (χ2v) is 5.02. The van der Waals surface area contributed by atoms with Crippen LogP contribution in [-0.4, -0.2) is 38.2 Å². The SMILES string of the molecule is CNc1ncc(S(=O)(=O)NCCC(F)(F)F)cn1. The summed E-state index contributed by atoms with van der Waals surface area (Å²) >= 11 is 0. The van der Waals surface area contributed by atoms with Crippen LogP contribution in [0.4, 0.5) is 19.1 Å². The molecule has 0 unspecified atom stereocenters. The minimum atomic E-state index is -4.41. The summed E-state index contributed by atoms with van der Waals surface area (Å²) in [6.45, 7) is -0.723. The molecule has 0 radical (unpaired) electrons. The predicted molar refractivity (Wildman–Crippen MR) is 57.4 cm³/mol. The Labute approximate surface area is 102 Å². The molecule has 0 bridgehead atoms. The van der Waals surface area contributed by atoms with Crippen molar-refractivity contribution < 1.29 is 21.6 Å². The van der Waals surface area contributed by atoms with E-state index < -0.39 is 29.2 Å². The summed E-state index contributed by atoms with van der Waals surface area (Å²) in [4.78, 5) is 7.03. The van der Waals surface area contributed by atoms with Gasteiger partial charge in [0.15, 0.2) is 0 Å². The molecule has 0 fully saturated rings. The first-order valence-corrected chi connectivity index (χ1v) is 6.29. The van der Waals surface area contributed by atoms with Crippen molar-refractivity contribution in [1.82, 2.24) is 14.7 Å². The van der Waals surface area contributed by atoms with Gasteiger partial charge in [0.1, 0.15) is 4.90 Å². The third-order valence-corrected chi connectivity index (χ3v) is 3.28. The Bertz CT molecular complexity index is 486. The summed E-state index contributed by atoms with van der Waals surface area (Å²) < 4.78 is 60.5. The van der Waals surface area contributed by atoms with Gasteiger partial charge in [0.05, 0.1) is 18.8 Å². The highest BCUT2D eigenvalue weighted by molar-refractivity contribution is 7.89. The highest BCUT2D eigenvalue weighted by Gasteiger charge is 2.27. The summed E-state index contributed by atoms with van der Waals surface area (Å²) in [5, 5.41) is 2.58. The van der Waals surface area contributed by atoms with Crippen LogP contribution in [0.2, 0.25) is 0 Å². The zero-order valence-corrected chi connectivity index (χ0v) is 10.1. The van der Waals surface area contributed by atoms with Crippen LogP contribution in [0.15, 0.2) is 17.3 Å². The molecule has 0 aliphatic heterocycles. The Morgan fingerprint density at radius 2 is 1.83 bits per heavy atom. The molecule has 0 aromatic carbocycles. The number of anilines is 1. The zero-order chi connectivity index (χ0) is 13.8. The first-order chi connectivity index (χ1) is 8.24. The first-order valence-electron chi connectivity index (χ1n) is 4.81. The van der Waals surface area contributed by atoms with E-state index in [4.69, 9.17) is 0 Å². The van der Waals surface area contributed by atoms with E-state index in [1.54, 1.807) is 7.05 Å². The second-order valence-electron chi connectivity index (χ2n) is 3.26. The van der Waals surface area contributed by atoms with Crippen LogP contribution >= 0.6 is 0 Å². The van der Waals surface area contributed by atoms with Crippen LogP contribution in [0.25, 0.3) is 0 Å². The van der Waals surface area contributed by atoms with Crippen molar-refractivity contribution in [2.45, 2.75) is 17.5 Å². The van der Waals surface area contributed by atoms with Crippen molar-refractivity contribution in [3.8, 4) is 0 Å². The molecule has 6 nitrogen and oxygen atoms in total. The van der Waals surface area contributed by atoms with Crippen molar-refractivity contribution in [3.63, 3.8) is 0 Å². The van der Waals surface area contributed by atoms with Crippen LogP contribution in [0.3, 0.4) is 0 Å². The molecule has 0 amide bonds. The van der Waals surface area contributed by atoms with E-state index in [0.717, 1.165) is 12.4 Å². The maximum Gasteiger partial charge on any atom is 0.390 e. The number of hydrogen-bond acceptors (Lipinski definition) is 5. The monoisotopic (exact) mass is 284 g/mol. The van der Waals surface area contributed by atoms with Gasteiger partial charge in [0, 0.05) is 13.6 Å². The largest absolute Gasteiger partial charge is 0.390 e. The third-order valence-electron chi connectivity index (χ3n) is 1.86. The lowest BCUT2D eigenvalue weighted by Crippen LogP contribution is -2.28. The van der Waals surface area contributed by atoms with Crippen LogP contribution in [0.1, 0.15) is 6.42 Å². The topological polar surface area (TPSA) is 84.0 Å². The van der Waals surface area contributed by atoms with Gasteiger partial charge in [-0.25, -0.2) is 23.1 Å². The summed E-state index contributed by atoms with van der Waals surface area (Å²) in [7, 11) is -2.46. The molecule has 102 valence electrons. The molecule has 0 atom stereocenters. The molecule has 1 heterocycles. The van der Waals surface area contributed by atoms with E-state index in [-0.39, 0.29) is 10.8 Å². The smallest absolute Gasteiger partial charge is 0.357 e. The van der Waals surface area contributed by atoms with Gasteiger partial charge in [0.2, 0.25) is 16.0 Å². The molecule has 10 heteroatoms. The molecule has 1 aromatic rings. The Morgan fingerprint density at radius 1 is 1.28 bits per heavy atom. The number of rotatable bonds is 5. The van der Waals surface area contributed by atoms with Crippen molar-refractivity contribution in [2.24, 2.45) is 0 Å². The molecule has 2 N–H and O–H groups in total. The molecular weight excluding hydrogens is 273 g/mol. The van der Waals surface area contributed by atoms with Gasteiger partial charge in [-0.3, -0.25) is 0 Å². The Balaban J connectivity index is 2.68. The number of nitrogens with zero attached hydrogens (tertiary/aromatic N) is 2. The molecule has 0 saturated carbocycles. The highest BCUT2D eigenvalue weighted by Crippen LogP contribution is 2.18. The van der Waals surface area contributed by atoms with Gasteiger partial charge < -0.3 is 5.32 Å². The fourth-order valence-corrected chi connectivity index (χ4v) is 1.91. The number of sulfonamides is 1. The average molecular weight is 284 g/mol. The van der Waals surface area contributed by atoms with Crippen molar-refractivity contribution in [3.05, 3.63) is 12.4 Å². The van der Waals surface area contributed by atoms with Crippen LogP contribution in [0.5, 0.6) is 0 Å². The molecule has 0 aliphatic carbocycles. The molecule has 1 aromatic heterocycles. The van der Waals surface area contributed by atoms with Crippen molar-refractivity contribution in [1.29, 1.82) is 0 Å². The predicted octanol–water partition coefficient (Wildman–Crippen LogP) is 0.749. The van der Waals surface area contributed by atoms with Gasteiger partial charge in [-0.1, -0.05) is 0 Å². The lowest BCUT2D eigenvalue weighted by Gasteiger charge is -2.08. The van der Waals surface area contributed by atoms with E-state index in [9.17, 15) is 21.6 Å². The summed E-state index contributed by atoms with van der Waals surface area (Å²) in [6, 6.07) is 0. The fraction of sp³-hybridized carbons (Fsp3) is 0.500. The maximum atomic E-state index is 11.9. The lowest BCUT2D eigenvalue weighted by atomic mass is 10.4. The standard InChI is InChI=1S/C8H11F3N4O2S/c1-12-7-13-4-6(5-14-7)18(16,17)15-3-2-8(9,10)11/h4-5,15H,2-3H2,1H3,(H,12,13,14). The second kappa shape index (κ2) is 5.48. The van der Waals surface area contributed by atoms with E-state index in [2.05, 4.69) is 15.3 Å². The minimum absolute atomic E-state index is 0.212. The van der Waals surface area contributed by atoms with Gasteiger partial charge in [-0.2, -0.15) is 13.2 Å². The summed E-state index contributed by atoms with van der Waals surface area (Å²) in [6.07, 6.45) is -3.62. The van der Waals surface area contributed by atoms with Gasteiger partial charge in [-0.05, 0) is 0 Å². The Kier molecular flexibility index (Phi) is 4.46. The van der Waals surface area contributed by atoms with E-state index >= 15 is 0 Å². The van der Waals surface area contributed by atoms with Crippen molar-refractivity contribution in [2.75, 3.05) is 18.9 Å². The van der Waals surface area contributed by atoms with Gasteiger partial charge in [0.25, 0.3) is 0 Å².